The van der Waals surface area contributed by atoms with Crippen LogP contribution in [0.4, 0.5) is 0 Å². The first-order valence-corrected chi connectivity index (χ1v) is 1.41. The van der Waals surface area contributed by atoms with E-state index in [1.165, 1.54) is 0 Å². The van der Waals surface area contributed by atoms with Crippen molar-refractivity contribution in [2.45, 2.75) is 27.4 Å². The van der Waals surface area contributed by atoms with Crippen molar-refractivity contribution < 1.29 is 25.5 Å². The van der Waals surface area contributed by atoms with Crippen molar-refractivity contribution in [3.63, 3.8) is 0 Å². The van der Waals surface area contributed by atoms with Crippen LogP contribution in [-0.2, 0) is 20.4 Å². The Kier molecular flexibility index (Phi) is 24.3. The summed E-state index contributed by atoms with van der Waals surface area (Å²) in [5.74, 6) is 0. The van der Waals surface area contributed by atoms with Crippen molar-refractivity contribution in [2.24, 2.45) is 0 Å². The van der Waals surface area contributed by atoms with E-state index in [0.717, 1.165) is 0 Å². The van der Waals surface area contributed by atoms with Gasteiger partial charge in [0.15, 0.2) is 0 Å². The minimum Gasteiger partial charge on any atom is -0.394 e. The third-order valence-corrected chi connectivity index (χ3v) is 0. The molecule has 0 aromatic carbocycles. The molecule has 0 bridgehead atoms. The smallest absolute Gasteiger partial charge is 0.0483 e. The molecule has 0 aliphatic heterocycles. The van der Waals surface area contributed by atoms with Gasteiger partial charge >= 0.3 is 0 Å². The molecular formula is C4H12OPd. The molecule has 0 rings (SSSR count). The molecule has 0 fully saturated rings. The van der Waals surface area contributed by atoms with Crippen molar-refractivity contribution in [1.29, 1.82) is 0 Å². The topological polar surface area (TPSA) is 20.2 Å². The summed E-state index contributed by atoms with van der Waals surface area (Å²) < 4.78 is 0. The van der Waals surface area contributed by atoms with Crippen molar-refractivity contribution in [3.05, 3.63) is 0 Å². The van der Waals surface area contributed by atoms with Crippen molar-refractivity contribution >= 4 is 0 Å². The van der Waals surface area contributed by atoms with E-state index >= 15 is 0 Å². The Labute approximate surface area is 53.4 Å². The molecule has 1 N–H and O–H groups in total. The van der Waals surface area contributed by atoms with Crippen LogP contribution >= 0.6 is 0 Å². The Morgan fingerprint density at radius 2 is 1.33 bits per heavy atom. The molecule has 0 aromatic heterocycles. The molecule has 0 amide bonds. The second-order valence-corrected chi connectivity index (χ2v) is 1.09. The van der Waals surface area contributed by atoms with E-state index in [-0.39, 0.29) is 34.0 Å². The summed E-state index contributed by atoms with van der Waals surface area (Å²) in [6, 6.07) is 0. The molecule has 0 atom stereocenters. The minimum atomic E-state index is -0.167. The summed E-state index contributed by atoms with van der Waals surface area (Å²) in [5, 5.41) is 8.06. The molecule has 0 saturated carbocycles. The van der Waals surface area contributed by atoms with E-state index in [0.29, 0.717) is 0 Å². The average Bonchev–Trinajstić information content (AvgIpc) is 0.811. The molecule has 0 unspecified atom stereocenters. The zero-order valence-electron chi connectivity index (χ0n) is 3.34. The first-order chi connectivity index (χ1) is 1.73. The van der Waals surface area contributed by atoms with Gasteiger partial charge in [-0.15, -0.1) is 0 Å². The van der Waals surface area contributed by atoms with E-state index < -0.39 is 0 Å². The van der Waals surface area contributed by atoms with Crippen molar-refractivity contribution in [3.8, 4) is 0 Å². The molecular weight excluding hydrogens is 170 g/mol. The quantitative estimate of drug-likeness (QED) is 0.555. The normalized spacial score (nSPS) is 6.00. The molecule has 0 radical (unpaired) electrons. The summed E-state index contributed by atoms with van der Waals surface area (Å²) in [6.45, 7) is 3.44. The maximum Gasteiger partial charge on any atom is 0.0483 e. The number of aliphatic hydroxyl groups excluding tert-OH is 1. The average molecular weight is 183 g/mol. The Bertz CT molecular complexity index is 12.3. The Morgan fingerprint density at radius 1 is 1.33 bits per heavy atom. The summed E-state index contributed by atoms with van der Waals surface area (Å²) in [5.41, 5.74) is 0. The summed E-state index contributed by atoms with van der Waals surface area (Å²) in [7, 11) is 0. The molecule has 0 spiro atoms. The van der Waals surface area contributed by atoms with Crippen LogP contribution in [0.1, 0.15) is 21.3 Å². The third kappa shape index (κ3) is 157. The van der Waals surface area contributed by atoms with E-state index in [1.807, 2.05) is 0 Å². The summed E-state index contributed by atoms with van der Waals surface area (Å²) in [6.07, 6.45) is -0.167. The Balaban J connectivity index is -0.0000000450. The number of hydrogen-bond acceptors (Lipinski definition) is 1. The van der Waals surface area contributed by atoms with Gasteiger partial charge in [-0.3, -0.25) is 0 Å². The Morgan fingerprint density at radius 3 is 1.33 bits per heavy atom. The van der Waals surface area contributed by atoms with Gasteiger partial charge in [0, 0.05) is 26.5 Å². The number of hydrogen-bond donors (Lipinski definition) is 1. The Hall–Kier alpha value is 0.622. The van der Waals surface area contributed by atoms with Gasteiger partial charge in [-0.05, 0) is 13.8 Å². The van der Waals surface area contributed by atoms with Gasteiger partial charge in [-0.1, -0.05) is 7.43 Å². The minimum absolute atomic E-state index is 0. The van der Waals surface area contributed by atoms with Crippen LogP contribution in [0.15, 0.2) is 0 Å². The van der Waals surface area contributed by atoms with Crippen LogP contribution in [0.3, 0.4) is 0 Å². The van der Waals surface area contributed by atoms with Gasteiger partial charge in [0.2, 0.25) is 0 Å². The van der Waals surface area contributed by atoms with Crippen LogP contribution < -0.4 is 0 Å². The molecule has 0 aliphatic rings. The first kappa shape index (κ1) is 16.0. The predicted octanol–water partition coefficient (Wildman–Crippen LogP) is 1.02. The van der Waals surface area contributed by atoms with Gasteiger partial charge in [0.1, 0.15) is 0 Å². The maximum atomic E-state index is 8.06. The van der Waals surface area contributed by atoms with Gasteiger partial charge in [-0.2, -0.15) is 0 Å². The van der Waals surface area contributed by atoms with Gasteiger partial charge in [0.25, 0.3) is 0 Å². The number of aliphatic hydroxyl groups is 1. The van der Waals surface area contributed by atoms with Gasteiger partial charge in [-0.25, -0.2) is 0 Å². The van der Waals surface area contributed by atoms with Crippen molar-refractivity contribution in [2.75, 3.05) is 0 Å². The van der Waals surface area contributed by atoms with E-state index in [1.54, 1.807) is 13.8 Å². The van der Waals surface area contributed by atoms with Crippen molar-refractivity contribution in [1.82, 2.24) is 0 Å². The first-order valence-electron chi connectivity index (χ1n) is 1.41. The van der Waals surface area contributed by atoms with Crippen LogP contribution in [0, 0.1) is 0 Å². The molecule has 1 nitrogen and oxygen atoms in total. The summed E-state index contributed by atoms with van der Waals surface area (Å²) in [4.78, 5) is 0. The zero-order chi connectivity index (χ0) is 3.58. The van der Waals surface area contributed by atoms with Gasteiger partial charge < -0.3 is 5.11 Å². The second kappa shape index (κ2) is 9.16. The van der Waals surface area contributed by atoms with Crippen LogP contribution in [0.25, 0.3) is 0 Å². The fraction of sp³-hybridized carbons (Fsp3) is 1.00. The maximum absolute atomic E-state index is 8.06. The van der Waals surface area contributed by atoms with Crippen LogP contribution in [0.2, 0.25) is 0 Å². The molecule has 0 aromatic rings. The largest absolute Gasteiger partial charge is 0.394 e. The molecule has 2 heteroatoms. The predicted molar refractivity (Wildman–Crippen MR) is 24.1 cm³/mol. The van der Waals surface area contributed by atoms with E-state index in [2.05, 4.69) is 0 Å². The zero-order valence-corrected chi connectivity index (χ0v) is 4.90. The van der Waals surface area contributed by atoms with E-state index in [4.69, 9.17) is 5.11 Å². The molecule has 44 valence electrons. The summed E-state index contributed by atoms with van der Waals surface area (Å²) >= 11 is 0. The molecule has 0 aliphatic carbocycles. The molecule has 6 heavy (non-hydrogen) atoms. The fourth-order valence-electron chi connectivity index (χ4n) is 0. The standard InChI is InChI=1S/C3H8O.CH4.Pd/c1-3(2)4;;/h3-4H,1-2H3;1H4;. The molecule has 0 heterocycles. The SMILES string of the molecule is C.CC(C)O.[Pd]. The molecule has 0 saturated heterocycles. The number of rotatable bonds is 0. The fourth-order valence-corrected chi connectivity index (χ4v) is 0. The van der Waals surface area contributed by atoms with E-state index in [9.17, 15) is 0 Å². The van der Waals surface area contributed by atoms with Crippen LogP contribution in [-0.4, -0.2) is 11.2 Å². The van der Waals surface area contributed by atoms with Gasteiger partial charge in [0.05, 0.1) is 0 Å². The monoisotopic (exact) mass is 182 g/mol. The van der Waals surface area contributed by atoms with Crippen LogP contribution in [0.5, 0.6) is 0 Å². The third-order valence-electron chi connectivity index (χ3n) is 0. The second-order valence-electron chi connectivity index (χ2n) is 1.09.